The van der Waals surface area contributed by atoms with Crippen molar-refractivity contribution < 1.29 is 8.42 Å². The SMILES string of the molecule is CC(C)NS(=O)(=O)C[C@H]1CCCN1. The quantitative estimate of drug-likeness (QED) is 0.684. The van der Waals surface area contributed by atoms with Crippen LogP contribution in [0.25, 0.3) is 0 Å². The van der Waals surface area contributed by atoms with Gasteiger partial charge in [-0.3, -0.25) is 0 Å². The Bertz CT molecular complexity index is 243. The standard InChI is InChI=1S/C8H18N2O2S/c1-7(2)10-13(11,12)6-8-4-3-5-9-8/h7-10H,3-6H2,1-2H3/t8-/m1/s1. The van der Waals surface area contributed by atoms with Crippen molar-refractivity contribution in [1.82, 2.24) is 10.0 Å². The summed E-state index contributed by atoms with van der Waals surface area (Å²) in [6.45, 7) is 4.61. The Kier molecular flexibility index (Phi) is 3.70. The van der Waals surface area contributed by atoms with Crippen LogP contribution < -0.4 is 10.0 Å². The molecule has 0 radical (unpaired) electrons. The first-order chi connectivity index (χ1) is 5.99. The van der Waals surface area contributed by atoms with E-state index in [1.165, 1.54) is 0 Å². The Morgan fingerprint density at radius 1 is 1.54 bits per heavy atom. The lowest BCUT2D eigenvalue weighted by atomic mass is 10.3. The maximum atomic E-state index is 11.4. The van der Waals surface area contributed by atoms with Gasteiger partial charge in [-0.2, -0.15) is 0 Å². The first kappa shape index (κ1) is 10.9. The number of hydrogen-bond donors (Lipinski definition) is 2. The third-order valence-electron chi connectivity index (χ3n) is 2.00. The molecule has 5 heteroatoms. The van der Waals surface area contributed by atoms with E-state index in [0.717, 1.165) is 19.4 Å². The van der Waals surface area contributed by atoms with Gasteiger partial charge in [0.15, 0.2) is 0 Å². The Morgan fingerprint density at radius 3 is 2.69 bits per heavy atom. The van der Waals surface area contributed by atoms with Gasteiger partial charge in [0, 0.05) is 12.1 Å². The van der Waals surface area contributed by atoms with Gasteiger partial charge in [-0.1, -0.05) is 0 Å². The summed E-state index contributed by atoms with van der Waals surface area (Å²) in [6, 6.07) is 0.141. The van der Waals surface area contributed by atoms with Crippen molar-refractivity contribution in [2.45, 2.75) is 38.8 Å². The van der Waals surface area contributed by atoms with Gasteiger partial charge in [0.25, 0.3) is 0 Å². The average molecular weight is 206 g/mol. The minimum absolute atomic E-state index is 0.00796. The Balaban J connectivity index is 2.41. The molecule has 0 unspecified atom stereocenters. The van der Waals surface area contributed by atoms with Crippen molar-refractivity contribution in [1.29, 1.82) is 0 Å². The van der Waals surface area contributed by atoms with Gasteiger partial charge in [-0.25, -0.2) is 13.1 Å². The zero-order valence-corrected chi connectivity index (χ0v) is 9.02. The van der Waals surface area contributed by atoms with Gasteiger partial charge in [-0.05, 0) is 33.2 Å². The molecule has 0 aliphatic carbocycles. The van der Waals surface area contributed by atoms with Crippen LogP contribution in [0, 0.1) is 0 Å². The van der Waals surface area contributed by atoms with E-state index in [2.05, 4.69) is 10.0 Å². The molecule has 0 bridgehead atoms. The summed E-state index contributed by atoms with van der Waals surface area (Å²) in [5.41, 5.74) is 0. The molecular formula is C8H18N2O2S. The number of nitrogens with one attached hydrogen (secondary N) is 2. The van der Waals surface area contributed by atoms with Crippen molar-refractivity contribution in [3.8, 4) is 0 Å². The van der Waals surface area contributed by atoms with Crippen molar-refractivity contribution in [3.63, 3.8) is 0 Å². The van der Waals surface area contributed by atoms with Crippen LogP contribution in [0.3, 0.4) is 0 Å². The monoisotopic (exact) mass is 206 g/mol. The smallest absolute Gasteiger partial charge is 0.213 e. The number of hydrogen-bond acceptors (Lipinski definition) is 3. The third kappa shape index (κ3) is 4.06. The molecule has 1 fully saturated rings. The number of sulfonamides is 1. The molecule has 1 heterocycles. The molecule has 1 saturated heterocycles. The Hall–Kier alpha value is -0.130. The van der Waals surface area contributed by atoms with Crippen molar-refractivity contribution in [2.24, 2.45) is 0 Å². The maximum absolute atomic E-state index is 11.4. The molecule has 0 amide bonds. The number of rotatable bonds is 4. The minimum Gasteiger partial charge on any atom is -0.313 e. The van der Waals surface area contributed by atoms with Crippen molar-refractivity contribution in [3.05, 3.63) is 0 Å². The summed E-state index contributed by atoms with van der Waals surface area (Å²) in [6.07, 6.45) is 2.06. The van der Waals surface area contributed by atoms with Crippen LogP contribution in [-0.2, 0) is 10.0 Å². The second kappa shape index (κ2) is 4.39. The van der Waals surface area contributed by atoms with Crippen LogP contribution in [0.4, 0.5) is 0 Å². The fraction of sp³-hybridized carbons (Fsp3) is 1.00. The zero-order chi connectivity index (χ0) is 9.90. The third-order valence-corrected chi connectivity index (χ3v) is 3.67. The highest BCUT2D eigenvalue weighted by Gasteiger charge is 2.22. The lowest BCUT2D eigenvalue weighted by Crippen LogP contribution is -2.39. The molecule has 1 aliphatic heterocycles. The predicted molar refractivity (Wildman–Crippen MR) is 53.1 cm³/mol. The molecule has 0 aromatic rings. The summed E-state index contributed by atoms with van der Waals surface area (Å²) in [7, 11) is -3.08. The maximum Gasteiger partial charge on any atom is 0.213 e. The second-order valence-corrected chi connectivity index (χ2v) is 5.65. The fourth-order valence-electron chi connectivity index (χ4n) is 1.57. The largest absolute Gasteiger partial charge is 0.313 e. The van der Waals surface area contributed by atoms with Gasteiger partial charge in [-0.15, -0.1) is 0 Å². The highest BCUT2D eigenvalue weighted by Crippen LogP contribution is 2.07. The second-order valence-electron chi connectivity index (χ2n) is 3.85. The normalized spacial score (nSPS) is 24.1. The van der Waals surface area contributed by atoms with Crippen LogP contribution in [-0.4, -0.2) is 32.8 Å². The molecule has 0 saturated carbocycles. The summed E-state index contributed by atoms with van der Waals surface area (Å²) >= 11 is 0. The van der Waals surface area contributed by atoms with E-state index >= 15 is 0 Å². The van der Waals surface area contributed by atoms with Crippen LogP contribution in [0.1, 0.15) is 26.7 Å². The minimum atomic E-state index is -3.08. The van der Waals surface area contributed by atoms with Crippen LogP contribution in [0.15, 0.2) is 0 Å². The Labute approximate surface area is 80.1 Å². The average Bonchev–Trinajstić information content (AvgIpc) is 2.34. The lowest BCUT2D eigenvalue weighted by molar-refractivity contribution is 0.553. The molecule has 4 nitrogen and oxygen atoms in total. The molecule has 1 aliphatic rings. The Morgan fingerprint density at radius 2 is 2.23 bits per heavy atom. The first-order valence-corrected chi connectivity index (χ1v) is 6.38. The topological polar surface area (TPSA) is 58.2 Å². The molecule has 1 rings (SSSR count). The van der Waals surface area contributed by atoms with E-state index in [1.807, 2.05) is 13.8 Å². The molecule has 0 aromatic heterocycles. The van der Waals surface area contributed by atoms with Gasteiger partial charge in [0.2, 0.25) is 10.0 Å². The molecule has 0 spiro atoms. The van der Waals surface area contributed by atoms with Gasteiger partial charge in [0.05, 0.1) is 5.75 Å². The summed E-state index contributed by atoms with van der Waals surface area (Å²) in [5, 5.41) is 3.17. The summed E-state index contributed by atoms with van der Waals surface area (Å²) < 4.78 is 25.5. The van der Waals surface area contributed by atoms with Crippen LogP contribution in [0.2, 0.25) is 0 Å². The van der Waals surface area contributed by atoms with E-state index in [1.54, 1.807) is 0 Å². The molecule has 78 valence electrons. The van der Waals surface area contributed by atoms with Gasteiger partial charge >= 0.3 is 0 Å². The fourth-order valence-corrected chi connectivity index (χ4v) is 3.20. The molecule has 0 aromatic carbocycles. The molecule has 2 N–H and O–H groups in total. The highest BCUT2D eigenvalue weighted by molar-refractivity contribution is 7.89. The summed E-state index contributed by atoms with van der Waals surface area (Å²) in [4.78, 5) is 0. The van der Waals surface area contributed by atoms with Crippen molar-refractivity contribution in [2.75, 3.05) is 12.3 Å². The lowest BCUT2D eigenvalue weighted by Gasteiger charge is -2.13. The zero-order valence-electron chi connectivity index (χ0n) is 8.21. The predicted octanol–water partition coefficient (Wildman–Crippen LogP) is 0.0662. The highest BCUT2D eigenvalue weighted by atomic mass is 32.2. The molecule has 1 atom stereocenters. The van der Waals surface area contributed by atoms with Crippen LogP contribution in [0.5, 0.6) is 0 Å². The van der Waals surface area contributed by atoms with Crippen LogP contribution >= 0.6 is 0 Å². The van der Waals surface area contributed by atoms with Gasteiger partial charge < -0.3 is 5.32 Å². The van der Waals surface area contributed by atoms with Crippen molar-refractivity contribution >= 4 is 10.0 Å². The molecular weight excluding hydrogens is 188 g/mol. The van der Waals surface area contributed by atoms with E-state index in [9.17, 15) is 8.42 Å². The van der Waals surface area contributed by atoms with E-state index in [0.29, 0.717) is 0 Å². The van der Waals surface area contributed by atoms with E-state index in [-0.39, 0.29) is 17.8 Å². The van der Waals surface area contributed by atoms with E-state index < -0.39 is 10.0 Å². The van der Waals surface area contributed by atoms with Gasteiger partial charge in [0.1, 0.15) is 0 Å². The first-order valence-electron chi connectivity index (χ1n) is 4.73. The molecule has 13 heavy (non-hydrogen) atoms. The van der Waals surface area contributed by atoms with E-state index in [4.69, 9.17) is 0 Å². The summed E-state index contributed by atoms with van der Waals surface area (Å²) in [5.74, 6) is 0.213.